The molecule has 2 aromatic heterocycles. The number of nitrogens with zero attached hydrogens (tertiary/aromatic N) is 3. The van der Waals surface area contributed by atoms with Crippen LogP contribution in [0.25, 0.3) is 11.6 Å². The van der Waals surface area contributed by atoms with E-state index in [0.29, 0.717) is 29.0 Å². The molecule has 3 N–H and O–H groups in total. The summed E-state index contributed by atoms with van der Waals surface area (Å²) >= 11 is 1.21. The van der Waals surface area contributed by atoms with Crippen LogP contribution in [-0.4, -0.2) is 32.6 Å². The molecular weight excluding hydrogens is 354 g/mol. The number of ether oxygens (including phenoxy) is 1. The zero-order chi connectivity index (χ0) is 18.5. The van der Waals surface area contributed by atoms with Gasteiger partial charge in [-0.25, -0.2) is 4.68 Å². The number of hydrogen-bond acceptors (Lipinski definition) is 7. The van der Waals surface area contributed by atoms with Crippen molar-refractivity contribution in [1.29, 1.82) is 0 Å². The van der Waals surface area contributed by atoms with E-state index in [-0.39, 0.29) is 5.91 Å². The fraction of sp³-hybridized carbons (Fsp3) is 0.235. The van der Waals surface area contributed by atoms with Gasteiger partial charge in [0.25, 0.3) is 0 Å². The quantitative estimate of drug-likeness (QED) is 0.484. The van der Waals surface area contributed by atoms with Crippen molar-refractivity contribution in [2.24, 2.45) is 0 Å². The van der Waals surface area contributed by atoms with Gasteiger partial charge in [-0.15, -0.1) is 10.2 Å². The molecule has 9 heteroatoms. The van der Waals surface area contributed by atoms with Gasteiger partial charge in [0.2, 0.25) is 16.9 Å². The van der Waals surface area contributed by atoms with Gasteiger partial charge >= 0.3 is 0 Å². The minimum atomic E-state index is -0.419. The molecule has 0 aliphatic rings. The molecule has 0 saturated carbocycles. The highest BCUT2D eigenvalue weighted by atomic mass is 32.2. The number of nitrogen functional groups attached to an aromatic ring is 1. The van der Waals surface area contributed by atoms with Gasteiger partial charge in [-0.05, 0) is 50.2 Å². The predicted octanol–water partition coefficient (Wildman–Crippen LogP) is 2.77. The maximum absolute atomic E-state index is 12.4. The zero-order valence-corrected chi connectivity index (χ0v) is 15.2. The third kappa shape index (κ3) is 3.99. The number of nitrogens with two attached hydrogens (primary N) is 1. The molecule has 1 aromatic carbocycles. The normalized spacial score (nSPS) is 11.9. The Morgan fingerprint density at radius 1 is 1.35 bits per heavy atom. The van der Waals surface area contributed by atoms with Crippen LogP contribution in [0.1, 0.15) is 13.8 Å². The molecule has 0 bridgehead atoms. The van der Waals surface area contributed by atoms with Crippen LogP contribution in [-0.2, 0) is 4.79 Å². The van der Waals surface area contributed by atoms with E-state index in [9.17, 15) is 4.79 Å². The molecule has 3 aromatic rings. The van der Waals surface area contributed by atoms with E-state index >= 15 is 0 Å². The van der Waals surface area contributed by atoms with Gasteiger partial charge in [0.05, 0.1) is 18.1 Å². The number of rotatable bonds is 7. The van der Waals surface area contributed by atoms with Crippen molar-refractivity contribution in [2.75, 3.05) is 17.8 Å². The predicted molar refractivity (Wildman–Crippen MR) is 99.4 cm³/mol. The summed E-state index contributed by atoms with van der Waals surface area (Å²) in [5.74, 6) is 7.51. The summed E-state index contributed by atoms with van der Waals surface area (Å²) in [6, 6.07) is 10.7. The molecule has 2 heterocycles. The first kappa shape index (κ1) is 17.9. The fourth-order valence-corrected chi connectivity index (χ4v) is 2.96. The van der Waals surface area contributed by atoms with Gasteiger partial charge in [-0.2, -0.15) is 0 Å². The smallest absolute Gasteiger partial charge is 0.237 e. The van der Waals surface area contributed by atoms with Crippen LogP contribution in [0, 0.1) is 0 Å². The number of nitrogens with one attached hydrogen (secondary N) is 1. The molecule has 1 amide bonds. The monoisotopic (exact) mass is 373 g/mol. The first-order valence-electron chi connectivity index (χ1n) is 8.03. The average Bonchev–Trinajstić information content (AvgIpc) is 3.27. The Kier molecular flexibility index (Phi) is 5.47. The van der Waals surface area contributed by atoms with E-state index < -0.39 is 5.25 Å². The van der Waals surface area contributed by atoms with Gasteiger partial charge in [0.1, 0.15) is 5.75 Å². The Balaban J connectivity index is 1.62. The van der Waals surface area contributed by atoms with E-state index in [1.807, 2.05) is 19.1 Å². The molecule has 0 aliphatic carbocycles. The SMILES string of the molecule is CCOc1ccc(NC(=O)[C@@H](C)Sc2nnc(-c3ccco3)n2N)cc1. The van der Waals surface area contributed by atoms with Crippen molar-refractivity contribution in [1.82, 2.24) is 14.9 Å². The standard InChI is InChI=1S/C17H19N5O3S/c1-3-24-13-8-6-12(7-9-13)19-16(23)11(2)26-17-21-20-15(22(17)18)14-5-4-10-25-14/h4-11H,3,18H2,1-2H3,(H,19,23)/t11-/m1/s1. The zero-order valence-electron chi connectivity index (χ0n) is 14.4. The van der Waals surface area contributed by atoms with E-state index in [4.69, 9.17) is 15.0 Å². The third-order valence-corrected chi connectivity index (χ3v) is 4.55. The van der Waals surface area contributed by atoms with Crippen molar-refractivity contribution < 1.29 is 13.9 Å². The maximum atomic E-state index is 12.4. The van der Waals surface area contributed by atoms with Crippen LogP contribution in [0.15, 0.2) is 52.2 Å². The van der Waals surface area contributed by atoms with Crippen molar-refractivity contribution in [3.63, 3.8) is 0 Å². The minimum absolute atomic E-state index is 0.165. The molecule has 3 rings (SSSR count). The highest BCUT2D eigenvalue weighted by molar-refractivity contribution is 8.00. The number of carbonyl (C=O) groups excluding carboxylic acids is 1. The summed E-state index contributed by atoms with van der Waals surface area (Å²) in [6.07, 6.45) is 1.53. The number of carbonyl (C=O) groups is 1. The lowest BCUT2D eigenvalue weighted by Gasteiger charge is -2.12. The summed E-state index contributed by atoms with van der Waals surface area (Å²) in [7, 11) is 0. The highest BCUT2D eigenvalue weighted by Crippen LogP contribution is 2.26. The molecule has 0 fully saturated rings. The number of amides is 1. The second-order valence-electron chi connectivity index (χ2n) is 5.36. The van der Waals surface area contributed by atoms with Crippen LogP contribution in [0.3, 0.4) is 0 Å². The number of furan rings is 1. The fourth-order valence-electron chi connectivity index (χ4n) is 2.19. The van der Waals surface area contributed by atoms with Crippen LogP contribution < -0.4 is 15.9 Å². The Morgan fingerprint density at radius 2 is 2.12 bits per heavy atom. The Labute approximate surface area is 154 Å². The number of benzene rings is 1. The summed E-state index contributed by atoms with van der Waals surface area (Å²) < 4.78 is 12.0. The summed E-state index contributed by atoms with van der Waals surface area (Å²) in [6.45, 7) is 4.29. The molecule has 26 heavy (non-hydrogen) atoms. The van der Waals surface area contributed by atoms with E-state index in [1.165, 1.54) is 22.7 Å². The lowest BCUT2D eigenvalue weighted by atomic mass is 10.3. The first-order valence-corrected chi connectivity index (χ1v) is 8.91. The van der Waals surface area contributed by atoms with Gasteiger partial charge in [-0.3, -0.25) is 4.79 Å². The van der Waals surface area contributed by atoms with Gasteiger partial charge in [0, 0.05) is 5.69 Å². The van der Waals surface area contributed by atoms with Crippen LogP contribution in [0.2, 0.25) is 0 Å². The second kappa shape index (κ2) is 7.96. The topological polar surface area (TPSA) is 108 Å². The maximum Gasteiger partial charge on any atom is 0.237 e. The van der Waals surface area contributed by atoms with Gasteiger partial charge in [-0.1, -0.05) is 11.8 Å². The van der Waals surface area contributed by atoms with Crippen LogP contribution in [0.4, 0.5) is 5.69 Å². The molecular formula is C17H19N5O3S. The van der Waals surface area contributed by atoms with Crippen molar-refractivity contribution in [3.8, 4) is 17.3 Å². The first-order chi connectivity index (χ1) is 12.6. The molecule has 0 unspecified atom stereocenters. The summed E-state index contributed by atoms with van der Waals surface area (Å²) in [5.41, 5.74) is 0.691. The molecule has 0 spiro atoms. The van der Waals surface area contributed by atoms with E-state index in [1.54, 1.807) is 31.2 Å². The molecule has 0 saturated heterocycles. The third-order valence-electron chi connectivity index (χ3n) is 3.49. The Bertz CT molecular complexity index is 861. The number of anilines is 1. The molecule has 1 atom stereocenters. The average molecular weight is 373 g/mol. The van der Waals surface area contributed by atoms with Crippen molar-refractivity contribution >= 4 is 23.4 Å². The van der Waals surface area contributed by atoms with Crippen molar-refractivity contribution in [3.05, 3.63) is 42.7 Å². The second-order valence-corrected chi connectivity index (χ2v) is 6.67. The highest BCUT2D eigenvalue weighted by Gasteiger charge is 2.20. The van der Waals surface area contributed by atoms with Gasteiger partial charge in [0.15, 0.2) is 5.76 Å². The lowest BCUT2D eigenvalue weighted by Crippen LogP contribution is -2.23. The lowest BCUT2D eigenvalue weighted by molar-refractivity contribution is -0.115. The minimum Gasteiger partial charge on any atom is -0.494 e. The summed E-state index contributed by atoms with van der Waals surface area (Å²) in [5, 5.41) is 10.9. The van der Waals surface area contributed by atoms with Crippen molar-refractivity contribution in [2.45, 2.75) is 24.3 Å². The number of aromatic nitrogens is 3. The van der Waals surface area contributed by atoms with E-state index in [0.717, 1.165) is 5.75 Å². The molecule has 0 aliphatic heterocycles. The van der Waals surface area contributed by atoms with E-state index in [2.05, 4.69) is 15.5 Å². The van der Waals surface area contributed by atoms with Crippen LogP contribution >= 0.6 is 11.8 Å². The number of hydrogen-bond donors (Lipinski definition) is 2. The number of thioether (sulfide) groups is 1. The molecule has 0 radical (unpaired) electrons. The molecule has 136 valence electrons. The molecule has 8 nitrogen and oxygen atoms in total. The van der Waals surface area contributed by atoms with Crippen LogP contribution in [0.5, 0.6) is 5.75 Å². The Hall–Kier alpha value is -2.94. The largest absolute Gasteiger partial charge is 0.494 e. The van der Waals surface area contributed by atoms with Gasteiger partial charge < -0.3 is 20.3 Å². The summed E-state index contributed by atoms with van der Waals surface area (Å²) in [4.78, 5) is 12.4. The Morgan fingerprint density at radius 3 is 2.77 bits per heavy atom.